The van der Waals surface area contributed by atoms with Crippen LogP contribution in [-0.4, -0.2) is 0 Å². The zero-order chi connectivity index (χ0) is 12.6. The van der Waals surface area contributed by atoms with E-state index in [0.717, 1.165) is 23.7 Å². The second-order valence-corrected chi connectivity index (χ2v) is 6.10. The van der Waals surface area contributed by atoms with Crippen LogP contribution in [0.2, 0.25) is 0 Å². The summed E-state index contributed by atoms with van der Waals surface area (Å²) in [5.74, 6) is 3.61. The molecule has 98 valence electrons. The summed E-state index contributed by atoms with van der Waals surface area (Å²) < 4.78 is 0. The van der Waals surface area contributed by atoms with Gasteiger partial charge in [0.25, 0.3) is 0 Å². The lowest BCUT2D eigenvalue weighted by molar-refractivity contribution is 0.240. The topological polar surface area (TPSA) is 0 Å². The standard InChI is InChI=1S/C16H34/c1-7-9-10-11-14(5)15(6)12-16(8-2)13(3)4/h13-16H,7-12H2,1-6H3. The van der Waals surface area contributed by atoms with Gasteiger partial charge in [-0.2, -0.15) is 0 Å². The third kappa shape index (κ3) is 6.55. The molecular weight excluding hydrogens is 192 g/mol. The molecule has 0 nitrogen and oxygen atoms in total. The van der Waals surface area contributed by atoms with Crippen LogP contribution in [0.25, 0.3) is 0 Å². The van der Waals surface area contributed by atoms with Crippen molar-refractivity contribution in [2.75, 3.05) is 0 Å². The van der Waals surface area contributed by atoms with Crippen LogP contribution in [0.3, 0.4) is 0 Å². The van der Waals surface area contributed by atoms with Crippen molar-refractivity contribution in [3.05, 3.63) is 0 Å². The van der Waals surface area contributed by atoms with Crippen LogP contribution >= 0.6 is 0 Å². The molecule has 0 heteroatoms. The molecule has 0 aromatic heterocycles. The average molecular weight is 226 g/mol. The highest BCUT2D eigenvalue weighted by Crippen LogP contribution is 2.29. The maximum atomic E-state index is 2.46. The molecule has 0 heterocycles. The van der Waals surface area contributed by atoms with Gasteiger partial charge in [0, 0.05) is 0 Å². The zero-order valence-corrected chi connectivity index (χ0v) is 12.6. The van der Waals surface area contributed by atoms with Gasteiger partial charge in [-0.1, -0.05) is 73.6 Å². The Labute approximate surface area is 104 Å². The van der Waals surface area contributed by atoms with Crippen LogP contribution in [0.1, 0.15) is 80.1 Å². The molecule has 3 atom stereocenters. The van der Waals surface area contributed by atoms with Gasteiger partial charge in [0.1, 0.15) is 0 Å². The predicted octanol–water partition coefficient (Wildman–Crippen LogP) is 5.91. The second kappa shape index (κ2) is 9.07. The van der Waals surface area contributed by atoms with Crippen molar-refractivity contribution in [3.63, 3.8) is 0 Å². The molecule has 3 unspecified atom stereocenters. The Morgan fingerprint density at radius 3 is 1.88 bits per heavy atom. The fourth-order valence-electron chi connectivity index (χ4n) is 2.62. The Bertz CT molecular complexity index is 148. The van der Waals surface area contributed by atoms with E-state index < -0.39 is 0 Å². The van der Waals surface area contributed by atoms with E-state index in [-0.39, 0.29) is 0 Å². The van der Waals surface area contributed by atoms with Gasteiger partial charge < -0.3 is 0 Å². The third-order valence-corrected chi connectivity index (χ3v) is 4.38. The fourth-order valence-corrected chi connectivity index (χ4v) is 2.62. The number of hydrogen-bond acceptors (Lipinski definition) is 0. The summed E-state index contributed by atoms with van der Waals surface area (Å²) in [6.07, 6.45) is 8.41. The summed E-state index contributed by atoms with van der Waals surface area (Å²) in [5.41, 5.74) is 0. The second-order valence-electron chi connectivity index (χ2n) is 6.10. The first-order chi connectivity index (χ1) is 7.52. The molecule has 0 saturated carbocycles. The van der Waals surface area contributed by atoms with Crippen LogP contribution in [0.15, 0.2) is 0 Å². The van der Waals surface area contributed by atoms with Gasteiger partial charge in [-0.05, 0) is 30.1 Å². The Morgan fingerprint density at radius 2 is 1.44 bits per heavy atom. The van der Waals surface area contributed by atoms with E-state index in [1.807, 2.05) is 0 Å². The lowest BCUT2D eigenvalue weighted by Crippen LogP contribution is -2.16. The lowest BCUT2D eigenvalue weighted by atomic mass is 9.79. The lowest BCUT2D eigenvalue weighted by Gasteiger charge is -2.27. The molecule has 0 aromatic carbocycles. The van der Waals surface area contributed by atoms with Gasteiger partial charge in [-0.15, -0.1) is 0 Å². The largest absolute Gasteiger partial charge is 0.0654 e. The molecule has 0 spiro atoms. The van der Waals surface area contributed by atoms with Crippen LogP contribution in [-0.2, 0) is 0 Å². The van der Waals surface area contributed by atoms with Gasteiger partial charge in [-0.25, -0.2) is 0 Å². The molecule has 0 rings (SSSR count). The van der Waals surface area contributed by atoms with Crippen LogP contribution in [0.5, 0.6) is 0 Å². The maximum absolute atomic E-state index is 2.46. The zero-order valence-electron chi connectivity index (χ0n) is 12.6. The Balaban J connectivity index is 3.88. The minimum Gasteiger partial charge on any atom is -0.0654 e. The molecular formula is C16H34. The van der Waals surface area contributed by atoms with E-state index in [4.69, 9.17) is 0 Å². The van der Waals surface area contributed by atoms with Crippen molar-refractivity contribution in [2.45, 2.75) is 80.1 Å². The summed E-state index contributed by atoms with van der Waals surface area (Å²) in [6.45, 7) is 14.3. The molecule has 0 aromatic rings. The van der Waals surface area contributed by atoms with E-state index in [1.54, 1.807) is 0 Å². The number of rotatable bonds is 9. The predicted molar refractivity (Wildman–Crippen MR) is 75.7 cm³/mol. The smallest absolute Gasteiger partial charge is 0.0391 e. The van der Waals surface area contributed by atoms with Gasteiger partial charge in [0.05, 0.1) is 0 Å². The minimum atomic E-state index is 0.857. The molecule has 0 saturated heterocycles. The van der Waals surface area contributed by atoms with E-state index >= 15 is 0 Å². The molecule has 16 heavy (non-hydrogen) atoms. The first-order valence-corrected chi connectivity index (χ1v) is 7.52. The molecule has 0 fully saturated rings. The Hall–Kier alpha value is 0. The summed E-state index contributed by atoms with van der Waals surface area (Å²) in [4.78, 5) is 0. The molecule has 0 N–H and O–H groups in total. The summed E-state index contributed by atoms with van der Waals surface area (Å²) in [5, 5.41) is 0. The van der Waals surface area contributed by atoms with Gasteiger partial charge in [0.15, 0.2) is 0 Å². The number of unbranched alkanes of at least 4 members (excludes halogenated alkanes) is 2. The molecule has 0 aliphatic carbocycles. The third-order valence-electron chi connectivity index (χ3n) is 4.38. The van der Waals surface area contributed by atoms with Crippen molar-refractivity contribution < 1.29 is 0 Å². The molecule has 0 aliphatic rings. The molecule has 0 aliphatic heterocycles. The highest BCUT2D eigenvalue weighted by Gasteiger charge is 2.18. The SMILES string of the molecule is CCCCCC(C)C(C)CC(CC)C(C)C. The monoisotopic (exact) mass is 226 g/mol. The summed E-state index contributed by atoms with van der Waals surface area (Å²) >= 11 is 0. The quantitative estimate of drug-likeness (QED) is 0.429. The number of hydrogen-bond donors (Lipinski definition) is 0. The summed E-state index contributed by atoms with van der Waals surface area (Å²) in [6, 6.07) is 0. The van der Waals surface area contributed by atoms with Crippen molar-refractivity contribution in [3.8, 4) is 0 Å². The van der Waals surface area contributed by atoms with E-state index in [0.29, 0.717) is 0 Å². The van der Waals surface area contributed by atoms with Crippen LogP contribution in [0.4, 0.5) is 0 Å². The molecule has 0 bridgehead atoms. The van der Waals surface area contributed by atoms with E-state index in [2.05, 4.69) is 41.5 Å². The first kappa shape index (κ1) is 16.0. The molecule has 0 amide bonds. The van der Waals surface area contributed by atoms with Gasteiger partial charge in [-0.3, -0.25) is 0 Å². The summed E-state index contributed by atoms with van der Waals surface area (Å²) in [7, 11) is 0. The first-order valence-electron chi connectivity index (χ1n) is 7.52. The van der Waals surface area contributed by atoms with E-state index in [1.165, 1.54) is 38.5 Å². The van der Waals surface area contributed by atoms with Crippen molar-refractivity contribution in [1.29, 1.82) is 0 Å². The average Bonchev–Trinajstić information content (AvgIpc) is 2.25. The van der Waals surface area contributed by atoms with Gasteiger partial charge in [0.2, 0.25) is 0 Å². The van der Waals surface area contributed by atoms with Gasteiger partial charge >= 0.3 is 0 Å². The fraction of sp³-hybridized carbons (Fsp3) is 1.00. The van der Waals surface area contributed by atoms with Crippen molar-refractivity contribution >= 4 is 0 Å². The van der Waals surface area contributed by atoms with Crippen LogP contribution < -0.4 is 0 Å². The van der Waals surface area contributed by atoms with Crippen molar-refractivity contribution in [1.82, 2.24) is 0 Å². The Morgan fingerprint density at radius 1 is 0.812 bits per heavy atom. The minimum absolute atomic E-state index is 0.857. The van der Waals surface area contributed by atoms with Crippen LogP contribution in [0, 0.1) is 23.7 Å². The highest BCUT2D eigenvalue weighted by atomic mass is 14.2. The Kier molecular flexibility index (Phi) is 9.07. The normalized spacial score (nSPS) is 17.4. The molecule has 0 radical (unpaired) electrons. The highest BCUT2D eigenvalue weighted by molar-refractivity contribution is 4.69. The maximum Gasteiger partial charge on any atom is -0.0391 e. The van der Waals surface area contributed by atoms with E-state index in [9.17, 15) is 0 Å². The van der Waals surface area contributed by atoms with Crippen molar-refractivity contribution in [2.24, 2.45) is 23.7 Å².